The van der Waals surface area contributed by atoms with Gasteiger partial charge in [0.15, 0.2) is 31.1 Å². The fourth-order valence-corrected chi connectivity index (χ4v) is 11.4. The van der Waals surface area contributed by atoms with Crippen LogP contribution in [0, 0.1) is 0 Å². The van der Waals surface area contributed by atoms with E-state index >= 15 is 0 Å². The van der Waals surface area contributed by atoms with Gasteiger partial charge in [-0.05, 0) is 38.9 Å². The van der Waals surface area contributed by atoms with E-state index in [0.717, 1.165) is 38.9 Å². The Kier molecular flexibility index (Phi) is 26.2. The van der Waals surface area contributed by atoms with Crippen LogP contribution < -0.4 is 0 Å². The third kappa shape index (κ3) is 20.2. The van der Waals surface area contributed by atoms with Gasteiger partial charge in [-0.15, -0.1) is 0 Å². The molecule has 19 heteroatoms. The summed E-state index contributed by atoms with van der Waals surface area (Å²) in [6.45, 7) is 3.93. The van der Waals surface area contributed by atoms with Gasteiger partial charge in [0.1, 0.15) is 67.6 Å². The molecule has 0 N–H and O–H groups in total. The van der Waals surface area contributed by atoms with E-state index in [4.69, 9.17) is 75.8 Å². The number of benzene rings is 7. The highest BCUT2D eigenvalue weighted by atomic mass is 16.8. The van der Waals surface area contributed by atoms with E-state index in [1.54, 1.807) is 0 Å². The molecule has 492 valence electrons. The lowest BCUT2D eigenvalue weighted by Gasteiger charge is -2.50. The molecule has 3 aliphatic heterocycles. The van der Waals surface area contributed by atoms with Gasteiger partial charge in [-0.3, -0.25) is 14.4 Å². The van der Waals surface area contributed by atoms with Gasteiger partial charge in [-0.25, -0.2) is 0 Å². The first-order valence-electron chi connectivity index (χ1n) is 31.3. The van der Waals surface area contributed by atoms with E-state index in [9.17, 15) is 14.4 Å². The number of methoxy groups -OCH3 is 1. The molecule has 19 nitrogen and oxygen atoms in total. The molecule has 3 fully saturated rings. The van der Waals surface area contributed by atoms with Crippen LogP contribution in [0.1, 0.15) is 59.7 Å². The standard InChI is InChI=1S/C74H82O19/c1-50(75)80-48-61-64(82-42-55-30-16-7-17-31-55)67(88-51(2)76)70(86-46-59-38-24-11-25-39-59)73(91-61)87-49-62-65(83-43-56-32-18-8-19-33-56)68(69(72(78-4)90-62)85-45-58-36-22-10-23-37-58)93-74-71(89-52(3)77)66(84-44-57-34-20-9-21-35-57)63(81-41-54-28-14-6-15-29-54)60(92-74)47-79-40-53-26-12-5-13-27-53/h5-39,60-74H,40-49H2,1-4H3/t60-,61-,62-,63-,64-,65-,66+,67+,68+,69+,70+,71+,72+,73+,74-/m1/s1. The summed E-state index contributed by atoms with van der Waals surface area (Å²) in [4.78, 5) is 39.6. The van der Waals surface area contributed by atoms with E-state index < -0.39 is 110 Å². The minimum atomic E-state index is -1.44. The number of esters is 3. The van der Waals surface area contributed by atoms with Crippen molar-refractivity contribution in [2.75, 3.05) is 26.9 Å². The topological polar surface area (TPSA) is 199 Å². The van der Waals surface area contributed by atoms with Crippen LogP contribution >= 0.6 is 0 Å². The van der Waals surface area contributed by atoms with Crippen LogP contribution in [-0.4, -0.2) is 137 Å². The summed E-state index contributed by atoms with van der Waals surface area (Å²) >= 11 is 0. The number of rotatable bonds is 32. The molecule has 0 bridgehead atoms. The molecule has 0 saturated carbocycles. The van der Waals surface area contributed by atoms with Gasteiger partial charge in [-0.1, -0.05) is 212 Å². The molecular weight excluding hydrogens is 1190 g/mol. The average molecular weight is 1280 g/mol. The monoisotopic (exact) mass is 1270 g/mol. The second-order valence-electron chi connectivity index (χ2n) is 22.8. The molecule has 0 aromatic heterocycles. The van der Waals surface area contributed by atoms with Crippen molar-refractivity contribution in [1.29, 1.82) is 0 Å². The maximum Gasteiger partial charge on any atom is 0.303 e. The smallest absolute Gasteiger partial charge is 0.303 e. The van der Waals surface area contributed by atoms with E-state index in [1.165, 1.54) is 27.9 Å². The van der Waals surface area contributed by atoms with Crippen molar-refractivity contribution in [2.45, 2.75) is 159 Å². The Morgan fingerprint density at radius 2 is 0.613 bits per heavy atom. The summed E-state index contributed by atoms with van der Waals surface area (Å²) in [6, 6.07) is 67.2. The summed E-state index contributed by atoms with van der Waals surface area (Å²) < 4.78 is 108. The normalized spacial score (nSPS) is 26.2. The van der Waals surface area contributed by atoms with Gasteiger partial charge in [0.05, 0.1) is 59.5 Å². The first-order chi connectivity index (χ1) is 45.5. The van der Waals surface area contributed by atoms with Crippen molar-refractivity contribution in [3.63, 3.8) is 0 Å². The molecule has 0 aliphatic carbocycles. The summed E-state index contributed by atoms with van der Waals surface area (Å²) in [5.41, 5.74) is 5.94. The SMILES string of the molecule is CO[C@H]1O[C@H](CO[C@H]2O[C@H](COC(C)=O)[C@@H](OCc3ccccc3)[C@H](OC(C)=O)[C@@H]2OCc2ccccc2)[C@@H](OCc2ccccc2)[C@H](O[C@H]2O[C@H](COCc3ccccc3)[C@@H](OCc3ccccc3)[C@H](OCc3ccccc3)[C@@H]2OC(C)=O)[C@@H]1OCc1ccccc1. The largest absolute Gasteiger partial charge is 0.463 e. The van der Waals surface area contributed by atoms with E-state index in [-0.39, 0.29) is 66.1 Å². The maximum atomic E-state index is 13.7. The average Bonchev–Trinajstić information content (AvgIpc) is 0.830. The Hall–Kier alpha value is -7.57. The van der Waals surface area contributed by atoms with E-state index in [2.05, 4.69) is 0 Å². The summed E-state index contributed by atoms with van der Waals surface area (Å²) in [6.07, 6.45) is -17.2. The second kappa shape index (κ2) is 35.6. The molecule has 0 radical (unpaired) electrons. The molecule has 3 aliphatic rings. The predicted molar refractivity (Wildman–Crippen MR) is 338 cm³/mol. The Morgan fingerprint density at radius 3 is 1.01 bits per heavy atom. The van der Waals surface area contributed by atoms with Gasteiger partial charge in [0.2, 0.25) is 0 Å². The molecule has 0 spiro atoms. The fourth-order valence-electron chi connectivity index (χ4n) is 11.4. The van der Waals surface area contributed by atoms with Gasteiger partial charge in [0.25, 0.3) is 0 Å². The van der Waals surface area contributed by atoms with Crippen LogP contribution in [0.4, 0.5) is 0 Å². The Bertz CT molecular complexity index is 3280. The molecule has 10 rings (SSSR count). The molecule has 3 saturated heterocycles. The van der Waals surface area contributed by atoms with Gasteiger partial charge in [0, 0.05) is 27.9 Å². The first kappa shape index (κ1) is 68.3. The first-order valence-corrected chi connectivity index (χ1v) is 31.3. The minimum absolute atomic E-state index is 0.0150. The highest BCUT2D eigenvalue weighted by molar-refractivity contribution is 5.67. The van der Waals surface area contributed by atoms with Gasteiger partial charge < -0.3 is 75.8 Å². The highest BCUT2D eigenvalue weighted by Gasteiger charge is 2.57. The van der Waals surface area contributed by atoms with Crippen molar-refractivity contribution in [1.82, 2.24) is 0 Å². The number of hydrogen-bond donors (Lipinski definition) is 0. The van der Waals surface area contributed by atoms with Gasteiger partial charge >= 0.3 is 17.9 Å². The molecule has 15 atom stereocenters. The number of carbonyl (C=O) groups is 3. The molecule has 0 amide bonds. The minimum Gasteiger partial charge on any atom is -0.463 e. The lowest BCUT2D eigenvalue weighted by molar-refractivity contribution is -0.378. The van der Waals surface area contributed by atoms with Crippen LogP contribution in [0.2, 0.25) is 0 Å². The third-order valence-electron chi connectivity index (χ3n) is 15.9. The number of carbonyl (C=O) groups excluding carboxylic acids is 3. The maximum absolute atomic E-state index is 13.7. The zero-order chi connectivity index (χ0) is 64.6. The second-order valence-corrected chi connectivity index (χ2v) is 22.8. The van der Waals surface area contributed by atoms with Crippen LogP contribution in [0.25, 0.3) is 0 Å². The van der Waals surface area contributed by atoms with Crippen molar-refractivity contribution >= 4 is 17.9 Å². The van der Waals surface area contributed by atoms with Crippen LogP contribution in [0.3, 0.4) is 0 Å². The van der Waals surface area contributed by atoms with Crippen LogP contribution in [0.5, 0.6) is 0 Å². The summed E-state index contributed by atoms with van der Waals surface area (Å²) in [5, 5.41) is 0. The number of hydrogen-bond acceptors (Lipinski definition) is 19. The summed E-state index contributed by atoms with van der Waals surface area (Å²) in [7, 11) is 1.49. The highest BCUT2D eigenvalue weighted by Crippen LogP contribution is 2.38. The molecule has 0 unspecified atom stereocenters. The zero-order valence-corrected chi connectivity index (χ0v) is 52.7. The van der Waals surface area contributed by atoms with Crippen molar-refractivity contribution in [2.24, 2.45) is 0 Å². The Morgan fingerprint density at radius 1 is 0.301 bits per heavy atom. The van der Waals surface area contributed by atoms with Crippen LogP contribution in [0.15, 0.2) is 212 Å². The van der Waals surface area contributed by atoms with Crippen LogP contribution in [-0.2, 0) is 136 Å². The molecule has 3 heterocycles. The van der Waals surface area contributed by atoms with Crippen molar-refractivity contribution in [3.05, 3.63) is 251 Å². The van der Waals surface area contributed by atoms with Crippen molar-refractivity contribution < 1.29 is 90.2 Å². The fraction of sp³-hybridized carbons (Fsp3) is 0.392. The Labute approximate surface area is 543 Å². The molecule has 7 aromatic rings. The van der Waals surface area contributed by atoms with E-state index in [1.807, 2.05) is 212 Å². The predicted octanol–water partition coefficient (Wildman–Crippen LogP) is 10.4. The lowest BCUT2D eigenvalue weighted by Crippen LogP contribution is -2.67. The number of ether oxygens (including phenoxy) is 16. The van der Waals surface area contributed by atoms with Gasteiger partial charge in [-0.2, -0.15) is 0 Å². The quantitative estimate of drug-likeness (QED) is 0.0285. The molecular formula is C74H82O19. The third-order valence-corrected chi connectivity index (χ3v) is 15.9. The van der Waals surface area contributed by atoms with Crippen molar-refractivity contribution in [3.8, 4) is 0 Å². The van der Waals surface area contributed by atoms with E-state index in [0.29, 0.717) is 0 Å². The zero-order valence-electron chi connectivity index (χ0n) is 52.7. The Balaban J connectivity index is 1.04. The molecule has 7 aromatic carbocycles. The lowest BCUT2D eigenvalue weighted by atomic mass is 9.95. The summed E-state index contributed by atoms with van der Waals surface area (Å²) in [5.74, 6) is -1.85. The molecule has 93 heavy (non-hydrogen) atoms.